The predicted molar refractivity (Wildman–Crippen MR) is 194 cm³/mol. The molecule has 8 aromatic rings. The molecule has 0 N–H and O–H groups in total. The predicted octanol–water partition coefficient (Wildman–Crippen LogP) is 11.0. The number of thiophene rings is 1. The second-order valence-electron chi connectivity index (χ2n) is 11.1. The van der Waals surface area contributed by atoms with Crippen molar-refractivity contribution in [3.8, 4) is 0 Å². The lowest BCUT2D eigenvalue weighted by atomic mass is 10.0. The molecule has 0 amide bonds. The molecule has 8 rings (SSSR count). The molecule has 0 spiro atoms. The van der Waals surface area contributed by atoms with Crippen molar-refractivity contribution < 1.29 is 8.98 Å². The fourth-order valence-corrected chi connectivity index (χ4v) is 10.2. The van der Waals surface area contributed by atoms with Crippen LogP contribution in [0.2, 0.25) is 0 Å². The lowest BCUT2D eigenvalue weighted by Gasteiger charge is -2.21. The van der Waals surface area contributed by atoms with Crippen LogP contribution < -0.4 is 10.6 Å². The number of para-hydroxylation sites is 1. The van der Waals surface area contributed by atoms with E-state index in [1.807, 2.05) is 104 Å². The van der Waals surface area contributed by atoms with Gasteiger partial charge in [-0.2, -0.15) is 0 Å². The normalized spacial score (nSPS) is 12.8. The van der Waals surface area contributed by atoms with Gasteiger partial charge in [-0.25, -0.2) is 4.98 Å². The number of pyridine rings is 1. The first-order valence-electron chi connectivity index (χ1n) is 14.9. The molecule has 0 fully saturated rings. The summed E-state index contributed by atoms with van der Waals surface area (Å²) >= 11 is 1.75. The average molecular weight is 618 g/mol. The Morgan fingerprint density at radius 1 is 0.733 bits per heavy atom. The van der Waals surface area contributed by atoms with E-state index in [0.717, 1.165) is 64.7 Å². The van der Waals surface area contributed by atoms with Gasteiger partial charge in [-0.15, -0.1) is 11.3 Å². The summed E-state index contributed by atoms with van der Waals surface area (Å²) in [7, 11) is -3.15. The molecule has 0 saturated carbocycles. The van der Waals surface area contributed by atoms with Gasteiger partial charge in [0, 0.05) is 42.2 Å². The van der Waals surface area contributed by atoms with E-state index in [4.69, 9.17) is 9.40 Å². The second-order valence-corrected chi connectivity index (χ2v) is 14.9. The Balaban J connectivity index is 1.34. The van der Waals surface area contributed by atoms with E-state index >= 15 is 4.57 Å². The Morgan fingerprint density at radius 2 is 1.36 bits per heavy atom. The van der Waals surface area contributed by atoms with E-state index in [0.29, 0.717) is 0 Å². The van der Waals surface area contributed by atoms with Gasteiger partial charge < -0.3 is 8.98 Å². The van der Waals surface area contributed by atoms with E-state index in [1.165, 1.54) is 15.5 Å². The van der Waals surface area contributed by atoms with Gasteiger partial charge in [-0.05, 0) is 30.7 Å². The number of rotatable bonds is 6. The van der Waals surface area contributed by atoms with Crippen LogP contribution in [0.25, 0.3) is 58.6 Å². The Labute approximate surface area is 264 Å². The Kier molecular flexibility index (Phi) is 6.64. The molecule has 0 aliphatic rings. The number of fused-ring (bicyclic) bond motifs is 9. The topological polar surface area (TPSA) is 43.1 Å². The third-order valence-corrected chi connectivity index (χ3v) is 12.9. The second kappa shape index (κ2) is 10.9. The highest BCUT2D eigenvalue weighted by Gasteiger charge is 2.30. The maximum absolute atomic E-state index is 15.1. The van der Waals surface area contributed by atoms with Crippen molar-refractivity contribution in [2.45, 2.75) is 6.92 Å². The fourth-order valence-electron chi connectivity index (χ4n) is 6.31. The lowest BCUT2D eigenvalue weighted by Crippen LogP contribution is -2.16. The highest BCUT2D eigenvalue weighted by atomic mass is 32.1. The van der Waals surface area contributed by atoms with Crippen molar-refractivity contribution in [3.63, 3.8) is 0 Å². The Hall–Kier alpha value is -5.02. The number of hydrogen-bond donors (Lipinski definition) is 0. The van der Waals surface area contributed by atoms with Crippen LogP contribution in [0, 0.1) is 0 Å². The van der Waals surface area contributed by atoms with Gasteiger partial charge in [0.25, 0.3) is 0 Å². The minimum Gasteiger partial charge on any atom is -0.455 e. The summed E-state index contributed by atoms with van der Waals surface area (Å²) in [6, 6.07) is 40.3. The Bertz CT molecular complexity index is 2500. The number of hydrogen-bond acceptors (Lipinski definition) is 4. The standard InChI is InChI=1S/C40H28NO2PS/c1-3-27(44(42,28-14-6-4-7-15-28)29-16-8-5-9-17-29)23-22-26(2)37-36-32-19-10-12-20-34(32)43-39(36)33-25-24-31-30-18-11-13-21-35(30)45-40(31)38(33)41-37/h3-25H,2H2,1H3/b23-22-,27-3+. The molecule has 3 heterocycles. The summed E-state index contributed by atoms with van der Waals surface area (Å²) in [4.78, 5) is 5.34. The van der Waals surface area contributed by atoms with Crippen LogP contribution in [0.5, 0.6) is 0 Å². The number of furan rings is 1. The van der Waals surface area contributed by atoms with Gasteiger partial charge in [-0.3, -0.25) is 0 Å². The highest BCUT2D eigenvalue weighted by Crippen LogP contribution is 2.52. The van der Waals surface area contributed by atoms with Crippen LogP contribution in [-0.4, -0.2) is 4.98 Å². The first kappa shape index (κ1) is 27.5. The van der Waals surface area contributed by atoms with E-state index in [-0.39, 0.29) is 0 Å². The molecule has 45 heavy (non-hydrogen) atoms. The van der Waals surface area contributed by atoms with Gasteiger partial charge >= 0.3 is 0 Å². The fraction of sp³-hybridized carbons (Fsp3) is 0.0250. The van der Waals surface area contributed by atoms with Crippen LogP contribution in [0.3, 0.4) is 0 Å². The molecule has 0 saturated heterocycles. The maximum Gasteiger partial charge on any atom is 0.170 e. The highest BCUT2D eigenvalue weighted by molar-refractivity contribution is 7.82. The molecule has 3 aromatic heterocycles. The molecule has 0 atom stereocenters. The molecule has 5 heteroatoms. The third kappa shape index (κ3) is 4.33. The SMILES string of the molecule is C=C(/C=C\C(=C/C)P(=O)(c1ccccc1)c1ccccc1)c1nc2c(ccc3c4ccccc4sc32)c2oc3ccccc3c12. The molecule has 3 nitrogen and oxygen atoms in total. The first-order valence-corrected chi connectivity index (χ1v) is 17.4. The summed E-state index contributed by atoms with van der Waals surface area (Å²) in [5.74, 6) is 0. The van der Waals surface area contributed by atoms with E-state index in [9.17, 15) is 0 Å². The minimum atomic E-state index is -3.15. The van der Waals surface area contributed by atoms with Gasteiger partial charge in [0.05, 0.1) is 21.3 Å². The van der Waals surface area contributed by atoms with Crippen molar-refractivity contribution in [3.05, 3.63) is 157 Å². The van der Waals surface area contributed by atoms with Gasteiger partial charge in [-0.1, -0.05) is 128 Å². The van der Waals surface area contributed by atoms with Crippen molar-refractivity contribution in [2.75, 3.05) is 0 Å². The zero-order valence-electron chi connectivity index (χ0n) is 24.6. The smallest absolute Gasteiger partial charge is 0.170 e. The van der Waals surface area contributed by atoms with Crippen molar-refractivity contribution >= 4 is 87.7 Å². The largest absolute Gasteiger partial charge is 0.455 e. The summed E-state index contributed by atoms with van der Waals surface area (Å²) in [6.07, 6.45) is 5.85. The molecule has 5 aromatic carbocycles. The van der Waals surface area contributed by atoms with Crippen LogP contribution >= 0.6 is 18.5 Å². The Morgan fingerprint density at radius 3 is 2.07 bits per heavy atom. The summed E-state index contributed by atoms with van der Waals surface area (Å²) in [6.45, 7) is 6.46. The lowest BCUT2D eigenvalue weighted by molar-refractivity contribution is 0.591. The van der Waals surface area contributed by atoms with Crippen molar-refractivity contribution in [1.29, 1.82) is 0 Å². The number of aromatic nitrogens is 1. The third-order valence-electron chi connectivity index (χ3n) is 8.48. The molecule has 0 bridgehead atoms. The maximum atomic E-state index is 15.1. The van der Waals surface area contributed by atoms with Gasteiger partial charge in [0.15, 0.2) is 7.14 Å². The first-order chi connectivity index (χ1) is 22.1. The van der Waals surface area contributed by atoms with Gasteiger partial charge in [0.2, 0.25) is 0 Å². The van der Waals surface area contributed by atoms with Gasteiger partial charge in [0.1, 0.15) is 11.2 Å². The summed E-state index contributed by atoms with van der Waals surface area (Å²) < 4.78 is 24.0. The van der Waals surface area contributed by atoms with Crippen LogP contribution in [0.4, 0.5) is 0 Å². The summed E-state index contributed by atoms with van der Waals surface area (Å²) in [5.41, 5.74) is 3.99. The molecule has 0 radical (unpaired) electrons. The molecular weight excluding hydrogens is 589 g/mol. The number of allylic oxidation sites excluding steroid dienone is 5. The minimum absolute atomic E-state index is 0.721. The van der Waals surface area contributed by atoms with Crippen LogP contribution in [-0.2, 0) is 4.57 Å². The zero-order valence-corrected chi connectivity index (χ0v) is 26.3. The molecule has 0 unspecified atom stereocenters. The quantitative estimate of drug-likeness (QED) is 0.138. The monoisotopic (exact) mass is 617 g/mol. The van der Waals surface area contributed by atoms with Crippen LogP contribution in [0.1, 0.15) is 12.6 Å². The molecule has 216 valence electrons. The van der Waals surface area contributed by atoms with Crippen molar-refractivity contribution in [1.82, 2.24) is 4.98 Å². The van der Waals surface area contributed by atoms with E-state index in [2.05, 4.69) is 49.0 Å². The van der Waals surface area contributed by atoms with Crippen LogP contribution in [0.15, 0.2) is 156 Å². The number of nitrogens with zero attached hydrogens (tertiary/aromatic N) is 1. The molecule has 0 aliphatic carbocycles. The summed E-state index contributed by atoms with van der Waals surface area (Å²) in [5, 5.41) is 7.63. The molecule has 0 aliphatic heterocycles. The zero-order chi connectivity index (χ0) is 30.5. The molecular formula is C40H28NO2PS. The number of benzene rings is 5. The average Bonchev–Trinajstić information content (AvgIpc) is 3.68. The van der Waals surface area contributed by atoms with E-state index in [1.54, 1.807) is 11.3 Å². The van der Waals surface area contributed by atoms with E-state index < -0.39 is 7.14 Å². The van der Waals surface area contributed by atoms with Crippen molar-refractivity contribution in [2.24, 2.45) is 0 Å².